The summed E-state index contributed by atoms with van der Waals surface area (Å²) < 4.78 is 31.8. The largest absolute Gasteiger partial charge is 0.378 e. The molecule has 0 aromatic carbocycles. The van der Waals surface area contributed by atoms with Crippen molar-refractivity contribution in [1.82, 2.24) is 14.3 Å². The fraction of sp³-hybridized carbons (Fsp3) is 0.733. The first-order chi connectivity index (χ1) is 11.0. The van der Waals surface area contributed by atoms with Gasteiger partial charge in [-0.25, -0.2) is 18.4 Å². The van der Waals surface area contributed by atoms with Gasteiger partial charge in [-0.2, -0.15) is 4.31 Å². The number of hydrogen-bond donors (Lipinski definition) is 0. The van der Waals surface area contributed by atoms with Crippen LogP contribution in [-0.2, 0) is 27.7 Å². The van der Waals surface area contributed by atoms with Gasteiger partial charge < -0.3 is 9.64 Å². The summed E-state index contributed by atoms with van der Waals surface area (Å²) in [6.07, 6.45) is 2.52. The zero-order valence-electron chi connectivity index (χ0n) is 13.7. The van der Waals surface area contributed by atoms with Crippen LogP contribution < -0.4 is 4.90 Å². The lowest BCUT2D eigenvalue weighted by atomic mass is 10.1. The Morgan fingerprint density at radius 3 is 2.70 bits per heavy atom. The molecule has 1 aromatic rings. The number of nitrogens with zero attached hydrogens (tertiary/aromatic N) is 4. The SMILES string of the molecule is CC(C)CS(=O)(=O)N1CCc2cnc(N3CCOCC3)nc2C1. The highest BCUT2D eigenvalue weighted by atomic mass is 32.2. The highest BCUT2D eigenvalue weighted by molar-refractivity contribution is 7.89. The van der Waals surface area contributed by atoms with Crippen LogP contribution >= 0.6 is 0 Å². The van der Waals surface area contributed by atoms with Gasteiger partial charge in [0.2, 0.25) is 16.0 Å². The van der Waals surface area contributed by atoms with E-state index in [-0.39, 0.29) is 11.7 Å². The molecule has 1 fully saturated rings. The molecule has 1 saturated heterocycles. The van der Waals surface area contributed by atoms with E-state index < -0.39 is 10.0 Å². The van der Waals surface area contributed by atoms with E-state index in [0.717, 1.165) is 24.3 Å². The topological polar surface area (TPSA) is 75.6 Å². The van der Waals surface area contributed by atoms with Crippen LogP contribution in [0.4, 0.5) is 5.95 Å². The third kappa shape index (κ3) is 3.81. The molecule has 8 heteroatoms. The Bertz CT molecular complexity index is 657. The Kier molecular flexibility index (Phi) is 4.84. The van der Waals surface area contributed by atoms with Crippen molar-refractivity contribution in [2.45, 2.75) is 26.8 Å². The number of ether oxygens (including phenoxy) is 1. The molecule has 0 amide bonds. The number of anilines is 1. The van der Waals surface area contributed by atoms with Gasteiger partial charge in [-0.05, 0) is 17.9 Å². The molecule has 3 rings (SSSR count). The first-order valence-corrected chi connectivity index (χ1v) is 9.72. The average molecular weight is 340 g/mol. The molecule has 1 aromatic heterocycles. The molecule has 7 nitrogen and oxygen atoms in total. The highest BCUT2D eigenvalue weighted by Crippen LogP contribution is 2.22. The number of hydrogen-bond acceptors (Lipinski definition) is 6. The van der Waals surface area contributed by atoms with Crippen LogP contribution in [0.5, 0.6) is 0 Å². The van der Waals surface area contributed by atoms with Gasteiger partial charge in [0.05, 0.1) is 31.2 Å². The predicted octanol–water partition coefficient (Wildman–Crippen LogP) is 0.657. The first-order valence-electron chi connectivity index (χ1n) is 8.11. The summed E-state index contributed by atoms with van der Waals surface area (Å²) in [4.78, 5) is 11.2. The third-order valence-electron chi connectivity index (χ3n) is 4.13. The molecule has 2 aliphatic rings. The first kappa shape index (κ1) is 16.6. The summed E-state index contributed by atoms with van der Waals surface area (Å²) in [6, 6.07) is 0. The lowest BCUT2D eigenvalue weighted by Crippen LogP contribution is -2.40. The van der Waals surface area contributed by atoms with Crippen LogP contribution in [-0.4, -0.2) is 61.3 Å². The van der Waals surface area contributed by atoms with Gasteiger partial charge in [-0.3, -0.25) is 0 Å². The van der Waals surface area contributed by atoms with Gasteiger partial charge in [0.15, 0.2) is 0 Å². The van der Waals surface area contributed by atoms with Gasteiger partial charge >= 0.3 is 0 Å². The van der Waals surface area contributed by atoms with Crippen LogP contribution in [0.3, 0.4) is 0 Å². The number of rotatable bonds is 4. The van der Waals surface area contributed by atoms with E-state index in [1.807, 2.05) is 20.0 Å². The van der Waals surface area contributed by atoms with Gasteiger partial charge in [0.1, 0.15) is 0 Å². The van der Waals surface area contributed by atoms with Crippen molar-refractivity contribution in [2.24, 2.45) is 5.92 Å². The maximum atomic E-state index is 12.4. The third-order valence-corrected chi connectivity index (χ3v) is 6.32. The van der Waals surface area contributed by atoms with E-state index in [4.69, 9.17) is 4.74 Å². The number of fused-ring (bicyclic) bond motifs is 1. The van der Waals surface area contributed by atoms with Crippen molar-refractivity contribution in [1.29, 1.82) is 0 Å². The lowest BCUT2D eigenvalue weighted by Gasteiger charge is -2.30. The van der Waals surface area contributed by atoms with Gasteiger partial charge in [0, 0.05) is 25.8 Å². The molecule has 2 aliphatic heterocycles. The minimum atomic E-state index is -3.22. The molecular formula is C15H24N4O3S. The average Bonchev–Trinajstić information content (AvgIpc) is 2.53. The van der Waals surface area contributed by atoms with E-state index in [1.54, 1.807) is 4.31 Å². The maximum Gasteiger partial charge on any atom is 0.225 e. The molecule has 0 saturated carbocycles. The van der Waals surface area contributed by atoms with Gasteiger partial charge in [-0.1, -0.05) is 13.8 Å². The maximum absolute atomic E-state index is 12.4. The van der Waals surface area contributed by atoms with Crippen molar-refractivity contribution in [3.8, 4) is 0 Å². The fourth-order valence-corrected chi connectivity index (χ4v) is 4.69. The molecule has 3 heterocycles. The van der Waals surface area contributed by atoms with Crippen molar-refractivity contribution >= 4 is 16.0 Å². The van der Waals surface area contributed by atoms with E-state index >= 15 is 0 Å². The molecule has 0 radical (unpaired) electrons. The van der Waals surface area contributed by atoms with Crippen LogP contribution in [0, 0.1) is 5.92 Å². The molecule has 0 atom stereocenters. The zero-order valence-corrected chi connectivity index (χ0v) is 14.5. The normalized spacial score (nSPS) is 19.9. The lowest BCUT2D eigenvalue weighted by molar-refractivity contribution is 0.122. The standard InChI is InChI=1S/C15H24N4O3S/c1-12(2)11-23(20,21)19-4-3-13-9-16-15(17-14(13)10-19)18-5-7-22-8-6-18/h9,12H,3-8,10-11H2,1-2H3. The predicted molar refractivity (Wildman–Crippen MR) is 87.8 cm³/mol. The number of aromatic nitrogens is 2. The smallest absolute Gasteiger partial charge is 0.225 e. The molecule has 0 aliphatic carbocycles. The second-order valence-electron chi connectivity index (χ2n) is 6.50. The van der Waals surface area contributed by atoms with Crippen molar-refractivity contribution in [2.75, 3.05) is 43.5 Å². The van der Waals surface area contributed by atoms with E-state index in [1.165, 1.54) is 0 Å². The molecule has 0 N–H and O–H groups in total. The minimum Gasteiger partial charge on any atom is -0.378 e. The zero-order chi connectivity index (χ0) is 16.4. The minimum absolute atomic E-state index is 0.121. The van der Waals surface area contributed by atoms with Crippen molar-refractivity contribution in [3.63, 3.8) is 0 Å². The monoisotopic (exact) mass is 340 g/mol. The van der Waals surface area contributed by atoms with Gasteiger partial charge in [-0.15, -0.1) is 0 Å². The highest BCUT2D eigenvalue weighted by Gasteiger charge is 2.29. The van der Waals surface area contributed by atoms with Crippen LogP contribution in [0.1, 0.15) is 25.1 Å². The second-order valence-corrected chi connectivity index (χ2v) is 8.51. The van der Waals surface area contributed by atoms with Crippen LogP contribution in [0.2, 0.25) is 0 Å². The Labute approximate surface area is 137 Å². The Hall–Kier alpha value is -1.25. The summed E-state index contributed by atoms with van der Waals surface area (Å²) in [5.74, 6) is 0.981. The molecular weight excluding hydrogens is 316 g/mol. The molecule has 128 valence electrons. The fourth-order valence-electron chi connectivity index (χ4n) is 2.95. The Morgan fingerprint density at radius 2 is 2.00 bits per heavy atom. The summed E-state index contributed by atoms with van der Waals surface area (Å²) in [5, 5.41) is 0. The van der Waals surface area contributed by atoms with Crippen LogP contribution in [0.15, 0.2) is 6.20 Å². The van der Waals surface area contributed by atoms with Crippen molar-refractivity contribution < 1.29 is 13.2 Å². The number of morpholine rings is 1. The quantitative estimate of drug-likeness (QED) is 0.801. The van der Waals surface area contributed by atoms with Crippen molar-refractivity contribution in [3.05, 3.63) is 17.5 Å². The summed E-state index contributed by atoms with van der Waals surface area (Å²) in [7, 11) is -3.22. The molecule has 23 heavy (non-hydrogen) atoms. The molecule has 0 bridgehead atoms. The molecule has 0 unspecified atom stereocenters. The summed E-state index contributed by atoms with van der Waals surface area (Å²) >= 11 is 0. The number of sulfonamides is 1. The Balaban J connectivity index is 1.79. The second kappa shape index (κ2) is 6.70. The molecule has 0 spiro atoms. The van der Waals surface area contributed by atoms with Crippen LogP contribution in [0.25, 0.3) is 0 Å². The Morgan fingerprint density at radius 1 is 1.26 bits per heavy atom. The van der Waals surface area contributed by atoms with E-state index in [0.29, 0.717) is 38.7 Å². The van der Waals surface area contributed by atoms with E-state index in [9.17, 15) is 8.42 Å². The van der Waals surface area contributed by atoms with E-state index in [2.05, 4.69) is 14.9 Å². The van der Waals surface area contributed by atoms with Gasteiger partial charge in [0.25, 0.3) is 0 Å². The summed E-state index contributed by atoms with van der Waals surface area (Å²) in [6.45, 7) is 7.61. The summed E-state index contributed by atoms with van der Waals surface area (Å²) in [5.41, 5.74) is 1.89.